The van der Waals surface area contributed by atoms with Crippen LogP contribution in [0.2, 0.25) is 0 Å². The van der Waals surface area contributed by atoms with E-state index in [2.05, 4.69) is 4.98 Å². The molecule has 2 heterocycles. The molecule has 0 aliphatic carbocycles. The Hall–Kier alpha value is -2.04. The fourth-order valence-corrected chi connectivity index (χ4v) is 1.42. The number of carbonyl (C=O) groups excluding carboxylic acids is 1. The van der Waals surface area contributed by atoms with E-state index in [0.717, 1.165) is 0 Å². The number of rotatable bonds is 2. The summed E-state index contributed by atoms with van der Waals surface area (Å²) in [6.07, 6.45) is 1.26. The molecule has 0 spiro atoms. The lowest BCUT2D eigenvalue weighted by atomic mass is 10.4. The Kier molecular flexibility index (Phi) is 2.52. The molecule has 0 bridgehead atoms. The van der Waals surface area contributed by atoms with E-state index in [4.69, 9.17) is 4.74 Å². The van der Waals surface area contributed by atoms with Crippen LogP contribution in [0.3, 0.4) is 0 Å². The van der Waals surface area contributed by atoms with Crippen molar-refractivity contribution in [2.24, 2.45) is 0 Å². The third-order valence-corrected chi connectivity index (χ3v) is 2.07. The number of aromatic nitrogens is 2. The average molecular weight is 220 g/mol. The molecule has 0 unspecified atom stereocenters. The van der Waals surface area contributed by atoms with Gasteiger partial charge in [-0.2, -0.15) is 0 Å². The van der Waals surface area contributed by atoms with E-state index < -0.39 is 5.97 Å². The lowest BCUT2D eigenvalue weighted by molar-refractivity contribution is 0.0371. The highest BCUT2D eigenvalue weighted by Crippen LogP contribution is 2.04. The molecule has 0 aliphatic heterocycles. The largest absolute Gasteiger partial charge is 0.458 e. The van der Waals surface area contributed by atoms with E-state index in [1.54, 1.807) is 26.0 Å². The smallest absolute Gasteiger partial charge is 0.356 e. The predicted octanol–water partition coefficient (Wildman–Crippen LogP) is 1.19. The second-order valence-corrected chi connectivity index (χ2v) is 3.74. The molecule has 5 nitrogen and oxygen atoms in total. The van der Waals surface area contributed by atoms with Gasteiger partial charge in [-0.3, -0.25) is 9.20 Å². The molecule has 16 heavy (non-hydrogen) atoms. The van der Waals surface area contributed by atoms with Gasteiger partial charge in [-0.1, -0.05) is 6.07 Å². The minimum absolute atomic E-state index is 0.183. The van der Waals surface area contributed by atoms with Crippen LogP contribution in [0.25, 0.3) is 5.65 Å². The van der Waals surface area contributed by atoms with Gasteiger partial charge >= 0.3 is 5.97 Å². The Morgan fingerprint density at radius 1 is 1.44 bits per heavy atom. The van der Waals surface area contributed by atoms with Crippen molar-refractivity contribution in [3.05, 3.63) is 40.4 Å². The Labute approximate surface area is 91.7 Å². The summed E-state index contributed by atoms with van der Waals surface area (Å²) in [4.78, 5) is 25.8. The molecule has 0 fully saturated rings. The molecular formula is C11H12N2O3. The third-order valence-electron chi connectivity index (χ3n) is 2.07. The summed E-state index contributed by atoms with van der Waals surface area (Å²) in [5.41, 5.74) is 0.664. The van der Waals surface area contributed by atoms with Gasteiger partial charge in [0.1, 0.15) is 11.3 Å². The van der Waals surface area contributed by atoms with E-state index in [-0.39, 0.29) is 17.4 Å². The molecular weight excluding hydrogens is 208 g/mol. The van der Waals surface area contributed by atoms with E-state index in [0.29, 0.717) is 5.65 Å². The van der Waals surface area contributed by atoms with Crippen LogP contribution in [0.4, 0.5) is 0 Å². The molecule has 2 aromatic heterocycles. The van der Waals surface area contributed by atoms with Crippen LogP contribution in [0.1, 0.15) is 24.3 Å². The zero-order valence-electron chi connectivity index (χ0n) is 9.06. The summed E-state index contributed by atoms with van der Waals surface area (Å²) in [5, 5.41) is 0. The Morgan fingerprint density at radius 2 is 2.19 bits per heavy atom. The van der Waals surface area contributed by atoms with Crippen LogP contribution >= 0.6 is 0 Å². The van der Waals surface area contributed by atoms with E-state index >= 15 is 0 Å². The molecule has 1 N–H and O–H groups in total. The van der Waals surface area contributed by atoms with Crippen LogP contribution in [0, 0.1) is 0 Å². The predicted molar refractivity (Wildman–Crippen MR) is 58.6 cm³/mol. The first kappa shape index (κ1) is 10.5. The summed E-state index contributed by atoms with van der Waals surface area (Å²) in [6.45, 7) is 3.54. The maximum Gasteiger partial charge on any atom is 0.356 e. The van der Waals surface area contributed by atoms with Gasteiger partial charge in [-0.15, -0.1) is 0 Å². The van der Waals surface area contributed by atoms with Crippen molar-refractivity contribution in [1.82, 2.24) is 9.38 Å². The van der Waals surface area contributed by atoms with E-state index in [9.17, 15) is 9.59 Å². The maximum absolute atomic E-state index is 11.6. The first-order valence-corrected chi connectivity index (χ1v) is 4.99. The average Bonchev–Trinajstić information content (AvgIpc) is 2.61. The fourth-order valence-electron chi connectivity index (χ4n) is 1.42. The maximum atomic E-state index is 11.6. The van der Waals surface area contributed by atoms with Gasteiger partial charge in [-0.25, -0.2) is 4.79 Å². The van der Waals surface area contributed by atoms with Gasteiger partial charge in [0, 0.05) is 12.3 Å². The van der Waals surface area contributed by atoms with Crippen molar-refractivity contribution in [3.63, 3.8) is 0 Å². The molecule has 84 valence electrons. The topological polar surface area (TPSA) is 63.6 Å². The van der Waals surface area contributed by atoms with E-state index in [1.807, 2.05) is 0 Å². The lowest BCUT2D eigenvalue weighted by Gasteiger charge is -2.05. The monoisotopic (exact) mass is 220 g/mol. The standard InChI is InChI=1S/C11H12N2O3/c1-7(2)16-11(15)8-6-13-9(12-8)4-3-5-10(13)14/h3-7,12H,1-2H3. The van der Waals surface area contributed by atoms with Crippen molar-refractivity contribution in [3.8, 4) is 0 Å². The lowest BCUT2D eigenvalue weighted by Crippen LogP contribution is -2.12. The van der Waals surface area contributed by atoms with Crippen LogP contribution < -0.4 is 5.56 Å². The van der Waals surface area contributed by atoms with Gasteiger partial charge in [0.25, 0.3) is 5.56 Å². The number of ether oxygens (including phenoxy) is 1. The summed E-state index contributed by atoms with van der Waals surface area (Å²) >= 11 is 0. The number of carbonyl (C=O) groups is 1. The van der Waals surface area contributed by atoms with Crippen molar-refractivity contribution in [2.75, 3.05) is 0 Å². The molecule has 0 saturated heterocycles. The van der Waals surface area contributed by atoms with Crippen LogP contribution in [0.5, 0.6) is 0 Å². The van der Waals surface area contributed by atoms with Crippen molar-refractivity contribution in [1.29, 1.82) is 0 Å². The van der Waals surface area contributed by atoms with E-state index in [1.165, 1.54) is 16.7 Å². The number of nitrogens with one attached hydrogen (secondary N) is 1. The van der Waals surface area contributed by atoms with Gasteiger partial charge in [0.15, 0.2) is 0 Å². The zero-order valence-corrected chi connectivity index (χ0v) is 9.06. The zero-order chi connectivity index (χ0) is 11.7. The van der Waals surface area contributed by atoms with Crippen LogP contribution in [-0.4, -0.2) is 21.5 Å². The Balaban J connectivity index is 2.44. The number of aromatic amines is 1. The van der Waals surface area contributed by atoms with Crippen molar-refractivity contribution >= 4 is 11.6 Å². The number of hydrogen-bond acceptors (Lipinski definition) is 3. The summed E-state index contributed by atoms with van der Waals surface area (Å²) in [5.74, 6) is -0.460. The number of esters is 1. The molecule has 0 radical (unpaired) electrons. The first-order chi connectivity index (χ1) is 7.58. The van der Waals surface area contributed by atoms with Gasteiger partial charge in [-0.05, 0) is 19.9 Å². The highest BCUT2D eigenvalue weighted by atomic mass is 16.5. The first-order valence-electron chi connectivity index (χ1n) is 4.99. The normalized spacial score (nSPS) is 10.9. The molecule has 0 aliphatic rings. The summed E-state index contributed by atoms with van der Waals surface area (Å²) in [6, 6.07) is 4.78. The number of nitrogens with zero attached hydrogens (tertiary/aromatic N) is 1. The molecule has 0 atom stereocenters. The molecule has 0 aromatic carbocycles. The Bertz CT molecular complexity index is 580. The number of H-pyrrole nitrogens is 1. The van der Waals surface area contributed by atoms with Crippen molar-refractivity contribution in [2.45, 2.75) is 20.0 Å². The molecule has 5 heteroatoms. The minimum atomic E-state index is -0.460. The Morgan fingerprint density at radius 3 is 2.81 bits per heavy atom. The van der Waals surface area contributed by atoms with Gasteiger partial charge < -0.3 is 9.72 Å². The van der Waals surface area contributed by atoms with Crippen LogP contribution in [-0.2, 0) is 4.74 Å². The number of pyridine rings is 1. The SMILES string of the molecule is CC(C)OC(=O)c1cn2c(=O)cccc2[nH]1. The minimum Gasteiger partial charge on any atom is -0.458 e. The third kappa shape index (κ3) is 1.84. The summed E-state index contributed by atoms with van der Waals surface area (Å²) < 4.78 is 6.39. The second kappa shape index (κ2) is 3.84. The molecule has 0 saturated carbocycles. The molecule has 2 rings (SSSR count). The van der Waals surface area contributed by atoms with Gasteiger partial charge in [0.05, 0.1) is 6.10 Å². The highest BCUT2D eigenvalue weighted by molar-refractivity contribution is 5.88. The summed E-state index contributed by atoms with van der Waals surface area (Å²) in [7, 11) is 0. The van der Waals surface area contributed by atoms with Gasteiger partial charge in [0.2, 0.25) is 0 Å². The molecule has 2 aromatic rings. The van der Waals surface area contributed by atoms with Crippen LogP contribution in [0.15, 0.2) is 29.2 Å². The van der Waals surface area contributed by atoms with Crippen molar-refractivity contribution < 1.29 is 9.53 Å². The number of imidazole rings is 1. The second-order valence-electron chi connectivity index (χ2n) is 3.74. The fraction of sp³-hybridized carbons (Fsp3) is 0.273. The molecule has 0 amide bonds. The highest BCUT2D eigenvalue weighted by Gasteiger charge is 2.12. The number of fused-ring (bicyclic) bond motifs is 1. The quantitative estimate of drug-likeness (QED) is 0.773. The number of hydrogen-bond donors (Lipinski definition) is 1.